The summed E-state index contributed by atoms with van der Waals surface area (Å²) < 4.78 is 14.3. The Morgan fingerprint density at radius 1 is 1.12 bits per heavy atom. The molecule has 0 spiro atoms. The Morgan fingerprint density at radius 2 is 1.85 bits per heavy atom. The first-order valence-electron chi connectivity index (χ1n) is 11.3. The summed E-state index contributed by atoms with van der Waals surface area (Å²) in [5.41, 5.74) is 1.75. The molecule has 1 amide bonds. The molecule has 2 aromatic carbocycles. The molecule has 0 radical (unpaired) electrons. The van der Waals surface area contributed by atoms with E-state index in [0.717, 1.165) is 42.4 Å². The Labute approximate surface area is 198 Å². The number of hydrogen-bond acceptors (Lipinski definition) is 5. The van der Waals surface area contributed by atoms with E-state index in [-0.39, 0.29) is 30.2 Å². The summed E-state index contributed by atoms with van der Waals surface area (Å²) >= 11 is 6.12. The second kappa shape index (κ2) is 9.91. The van der Waals surface area contributed by atoms with Crippen LogP contribution in [0.5, 0.6) is 0 Å². The summed E-state index contributed by atoms with van der Waals surface area (Å²) in [6, 6.07) is 11.5. The van der Waals surface area contributed by atoms with Gasteiger partial charge in [0.1, 0.15) is 11.6 Å². The van der Waals surface area contributed by atoms with Crippen molar-refractivity contribution in [1.82, 2.24) is 15.3 Å². The number of nitrogens with one attached hydrogen (secondary N) is 2. The van der Waals surface area contributed by atoms with Gasteiger partial charge in [0.15, 0.2) is 0 Å². The van der Waals surface area contributed by atoms with Gasteiger partial charge in [-0.05, 0) is 56.4 Å². The fourth-order valence-corrected chi connectivity index (χ4v) is 4.56. The fourth-order valence-electron chi connectivity index (χ4n) is 4.34. The van der Waals surface area contributed by atoms with Gasteiger partial charge in [-0.3, -0.25) is 4.79 Å². The van der Waals surface area contributed by atoms with Crippen molar-refractivity contribution >= 4 is 40.2 Å². The van der Waals surface area contributed by atoms with Gasteiger partial charge in [0.05, 0.1) is 5.52 Å². The highest BCUT2D eigenvalue weighted by molar-refractivity contribution is 6.31. The first-order valence-corrected chi connectivity index (χ1v) is 11.6. The van der Waals surface area contributed by atoms with Crippen LogP contribution < -0.4 is 15.5 Å². The van der Waals surface area contributed by atoms with Crippen LogP contribution in [0.15, 0.2) is 36.4 Å². The average Bonchev–Trinajstić information content (AvgIpc) is 2.81. The minimum Gasteiger partial charge on any atom is -0.362 e. The highest BCUT2D eigenvalue weighted by atomic mass is 35.5. The summed E-state index contributed by atoms with van der Waals surface area (Å²) in [6.45, 7) is 1.79. The van der Waals surface area contributed by atoms with Gasteiger partial charge >= 0.3 is 0 Å². The van der Waals surface area contributed by atoms with Gasteiger partial charge in [0.25, 0.3) is 0 Å². The maximum Gasteiger partial charge on any atom is 0.225 e. The van der Waals surface area contributed by atoms with E-state index in [2.05, 4.69) is 15.6 Å². The molecule has 8 heteroatoms. The quantitative estimate of drug-likeness (QED) is 0.526. The van der Waals surface area contributed by atoms with Crippen LogP contribution in [0, 0.1) is 18.7 Å². The van der Waals surface area contributed by atoms with Gasteiger partial charge in [0, 0.05) is 48.6 Å². The van der Waals surface area contributed by atoms with E-state index in [1.54, 1.807) is 19.1 Å². The molecule has 33 heavy (non-hydrogen) atoms. The summed E-state index contributed by atoms with van der Waals surface area (Å²) in [4.78, 5) is 24.1. The number of aryl methyl sites for hydroxylation is 1. The van der Waals surface area contributed by atoms with Gasteiger partial charge in [-0.15, -0.1) is 0 Å². The molecule has 1 saturated carbocycles. The van der Waals surface area contributed by atoms with Crippen molar-refractivity contribution in [2.45, 2.75) is 45.2 Å². The Bertz CT molecular complexity index is 1160. The number of anilines is 2. The third-order valence-electron chi connectivity index (χ3n) is 6.26. The van der Waals surface area contributed by atoms with E-state index in [1.807, 2.05) is 43.3 Å². The van der Waals surface area contributed by atoms with Crippen LogP contribution in [-0.2, 0) is 11.3 Å². The number of halogens is 2. The number of para-hydroxylation sites is 1. The molecular formula is C25H29ClFN5O. The summed E-state index contributed by atoms with van der Waals surface area (Å²) in [7, 11) is 3.94. The lowest BCUT2D eigenvalue weighted by Crippen LogP contribution is -2.36. The standard InChI is InChI=1S/C25H29ClFN5O/c1-15-8-13-20(26)19(22(15)27)14-28-24(33)16-9-11-17(12-10-16)29-25-30-21-7-5-4-6-18(21)23(31-25)32(2)3/h4-8,13,16-17H,9-12,14H2,1-3H3,(H,28,33)(H,29,30,31). The molecule has 3 aromatic rings. The Balaban J connectivity index is 1.35. The molecule has 0 saturated heterocycles. The second-order valence-electron chi connectivity index (χ2n) is 8.85. The van der Waals surface area contributed by atoms with Crippen molar-refractivity contribution in [3.05, 3.63) is 58.4 Å². The molecule has 174 valence electrons. The average molecular weight is 470 g/mol. The second-order valence-corrected chi connectivity index (χ2v) is 9.26. The topological polar surface area (TPSA) is 70.2 Å². The normalized spacial score (nSPS) is 18.2. The van der Waals surface area contributed by atoms with Gasteiger partial charge in [-0.2, -0.15) is 4.98 Å². The van der Waals surface area contributed by atoms with Crippen LogP contribution >= 0.6 is 11.6 Å². The number of carbonyl (C=O) groups is 1. The summed E-state index contributed by atoms with van der Waals surface area (Å²) in [5.74, 6) is 0.975. The van der Waals surface area contributed by atoms with E-state index >= 15 is 0 Å². The van der Waals surface area contributed by atoms with Crippen molar-refractivity contribution in [2.24, 2.45) is 5.92 Å². The zero-order valence-corrected chi connectivity index (χ0v) is 19.9. The molecule has 1 aromatic heterocycles. The molecule has 1 aliphatic carbocycles. The molecule has 4 rings (SSSR count). The van der Waals surface area contributed by atoms with Crippen LogP contribution in [0.1, 0.15) is 36.8 Å². The SMILES string of the molecule is Cc1ccc(Cl)c(CNC(=O)C2CCC(Nc3nc(N(C)C)c4ccccc4n3)CC2)c1F. The molecule has 0 bridgehead atoms. The van der Waals surface area contributed by atoms with E-state index in [4.69, 9.17) is 16.6 Å². The van der Waals surface area contributed by atoms with Gasteiger partial charge in [-0.25, -0.2) is 9.37 Å². The van der Waals surface area contributed by atoms with Crippen LogP contribution in [0.3, 0.4) is 0 Å². The molecule has 0 unspecified atom stereocenters. The van der Waals surface area contributed by atoms with E-state index in [1.165, 1.54) is 0 Å². The lowest BCUT2D eigenvalue weighted by molar-refractivity contribution is -0.126. The molecule has 0 aliphatic heterocycles. The predicted molar refractivity (Wildman–Crippen MR) is 131 cm³/mol. The van der Waals surface area contributed by atoms with Gasteiger partial charge < -0.3 is 15.5 Å². The van der Waals surface area contributed by atoms with Gasteiger partial charge in [0.2, 0.25) is 11.9 Å². The van der Waals surface area contributed by atoms with E-state index in [9.17, 15) is 9.18 Å². The third-order valence-corrected chi connectivity index (χ3v) is 6.61. The lowest BCUT2D eigenvalue weighted by Gasteiger charge is -2.29. The van der Waals surface area contributed by atoms with Crippen molar-refractivity contribution in [3.63, 3.8) is 0 Å². The van der Waals surface area contributed by atoms with Crippen LogP contribution in [0.4, 0.5) is 16.2 Å². The first-order chi connectivity index (χ1) is 15.8. The predicted octanol–water partition coefficient (Wildman–Crippen LogP) is 5.08. The van der Waals surface area contributed by atoms with Crippen LogP contribution in [-0.4, -0.2) is 36.0 Å². The monoisotopic (exact) mass is 469 g/mol. The molecule has 1 heterocycles. The zero-order chi connectivity index (χ0) is 23.5. The van der Waals surface area contributed by atoms with Crippen molar-refractivity contribution in [2.75, 3.05) is 24.3 Å². The number of fused-ring (bicyclic) bond motifs is 1. The highest BCUT2D eigenvalue weighted by Crippen LogP contribution is 2.29. The Morgan fingerprint density at radius 3 is 2.58 bits per heavy atom. The molecule has 1 fully saturated rings. The van der Waals surface area contributed by atoms with Crippen LogP contribution in [0.25, 0.3) is 10.9 Å². The summed E-state index contributed by atoms with van der Waals surface area (Å²) in [5, 5.41) is 7.67. The molecule has 6 nitrogen and oxygen atoms in total. The zero-order valence-electron chi connectivity index (χ0n) is 19.2. The van der Waals surface area contributed by atoms with Crippen molar-refractivity contribution in [3.8, 4) is 0 Å². The number of benzene rings is 2. The first kappa shape index (κ1) is 23.2. The Hall–Kier alpha value is -2.93. The minimum atomic E-state index is -0.358. The van der Waals surface area contributed by atoms with Crippen LogP contribution in [0.2, 0.25) is 5.02 Å². The smallest absolute Gasteiger partial charge is 0.225 e. The number of nitrogens with zero attached hydrogens (tertiary/aromatic N) is 3. The van der Waals surface area contributed by atoms with E-state index < -0.39 is 0 Å². The number of aromatic nitrogens is 2. The molecule has 2 N–H and O–H groups in total. The minimum absolute atomic E-state index is 0.0535. The molecule has 1 aliphatic rings. The maximum atomic E-state index is 14.3. The third kappa shape index (κ3) is 5.19. The number of hydrogen-bond donors (Lipinski definition) is 2. The number of amides is 1. The Kier molecular flexibility index (Phi) is 6.98. The lowest BCUT2D eigenvalue weighted by atomic mass is 9.85. The van der Waals surface area contributed by atoms with Gasteiger partial charge in [-0.1, -0.05) is 29.8 Å². The van der Waals surface area contributed by atoms with Crippen molar-refractivity contribution in [1.29, 1.82) is 0 Å². The molecule has 0 atom stereocenters. The largest absolute Gasteiger partial charge is 0.362 e. The van der Waals surface area contributed by atoms with E-state index in [0.29, 0.717) is 22.1 Å². The number of carbonyl (C=O) groups excluding carboxylic acids is 1. The highest BCUT2D eigenvalue weighted by Gasteiger charge is 2.27. The fraction of sp³-hybridized carbons (Fsp3) is 0.400. The number of rotatable bonds is 6. The van der Waals surface area contributed by atoms with Crippen molar-refractivity contribution < 1.29 is 9.18 Å². The maximum absolute atomic E-state index is 14.3. The molecular weight excluding hydrogens is 441 g/mol. The summed E-state index contributed by atoms with van der Waals surface area (Å²) in [6.07, 6.45) is 3.18.